The van der Waals surface area contributed by atoms with Gasteiger partial charge in [-0.05, 0) is 17.5 Å². The number of aromatic nitrogens is 2. The number of benzene rings is 1. The number of ether oxygens (including phenoxy) is 1. The lowest BCUT2D eigenvalue weighted by molar-refractivity contribution is 0.0903. The van der Waals surface area contributed by atoms with E-state index >= 15 is 0 Å². The van der Waals surface area contributed by atoms with Crippen LogP contribution in [-0.2, 0) is 17.7 Å². The first-order valence-corrected chi connectivity index (χ1v) is 6.40. The van der Waals surface area contributed by atoms with E-state index in [0.717, 1.165) is 17.5 Å². The number of hydrogen-bond donors (Lipinski definition) is 1. The molecule has 0 spiro atoms. The van der Waals surface area contributed by atoms with E-state index in [0.29, 0.717) is 24.7 Å². The van der Waals surface area contributed by atoms with Gasteiger partial charge in [0.1, 0.15) is 6.10 Å². The van der Waals surface area contributed by atoms with Crippen LogP contribution in [0.3, 0.4) is 0 Å². The molecule has 0 radical (unpaired) electrons. The van der Waals surface area contributed by atoms with Gasteiger partial charge < -0.3 is 15.0 Å². The fourth-order valence-corrected chi connectivity index (χ4v) is 2.02. The van der Waals surface area contributed by atoms with Gasteiger partial charge in [-0.25, -0.2) is 0 Å². The van der Waals surface area contributed by atoms with E-state index < -0.39 is 0 Å². The molecule has 0 bridgehead atoms. The second-order valence-corrected chi connectivity index (χ2v) is 4.33. The molecule has 1 aromatic heterocycles. The molecule has 19 heavy (non-hydrogen) atoms. The Morgan fingerprint density at radius 2 is 2.05 bits per heavy atom. The highest BCUT2D eigenvalue weighted by Gasteiger charge is 2.16. The van der Waals surface area contributed by atoms with Gasteiger partial charge in [-0.1, -0.05) is 36.3 Å². The summed E-state index contributed by atoms with van der Waals surface area (Å²) in [5.74, 6) is 1.19. The molecule has 0 fully saturated rings. The van der Waals surface area contributed by atoms with Crippen LogP contribution in [-0.4, -0.2) is 17.3 Å². The van der Waals surface area contributed by atoms with E-state index in [9.17, 15) is 0 Å². The van der Waals surface area contributed by atoms with Crippen LogP contribution in [0, 0.1) is 0 Å². The SMILES string of the molecule is CCC(OC)c1noc(Cc2ccccc2CN)n1. The molecule has 2 rings (SSSR count). The Labute approximate surface area is 112 Å². The lowest BCUT2D eigenvalue weighted by Crippen LogP contribution is -2.03. The molecule has 5 heteroatoms. The fourth-order valence-electron chi connectivity index (χ4n) is 2.02. The van der Waals surface area contributed by atoms with Crippen LogP contribution in [0.4, 0.5) is 0 Å². The van der Waals surface area contributed by atoms with Crippen molar-refractivity contribution >= 4 is 0 Å². The van der Waals surface area contributed by atoms with E-state index in [1.54, 1.807) is 7.11 Å². The average Bonchev–Trinajstić information content (AvgIpc) is 2.89. The third-order valence-corrected chi connectivity index (χ3v) is 3.11. The van der Waals surface area contributed by atoms with Crippen LogP contribution in [0.25, 0.3) is 0 Å². The summed E-state index contributed by atoms with van der Waals surface area (Å²) in [5.41, 5.74) is 7.93. The van der Waals surface area contributed by atoms with Crippen molar-refractivity contribution in [1.82, 2.24) is 10.1 Å². The Morgan fingerprint density at radius 3 is 2.68 bits per heavy atom. The van der Waals surface area contributed by atoms with Crippen LogP contribution in [0.1, 0.15) is 42.3 Å². The van der Waals surface area contributed by atoms with Crippen LogP contribution < -0.4 is 5.73 Å². The molecule has 0 amide bonds. The van der Waals surface area contributed by atoms with Crippen LogP contribution in [0.2, 0.25) is 0 Å². The molecule has 1 heterocycles. The molecule has 0 saturated carbocycles. The minimum Gasteiger partial charge on any atom is -0.373 e. The highest BCUT2D eigenvalue weighted by atomic mass is 16.5. The molecule has 1 atom stereocenters. The highest BCUT2D eigenvalue weighted by molar-refractivity contribution is 5.29. The predicted octanol–water partition coefficient (Wildman–Crippen LogP) is 2.22. The third kappa shape index (κ3) is 3.19. The zero-order valence-electron chi connectivity index (χ0n) is 11.3. The van der Waals surface area contributed by atoms with E-state index in [1.165, 1.54) is 0 Å². The van der Waals surface area contributed by atoms with Crippen molar-refractivity contribution < 1.29 is 9.26 Å². The molecular formula is C14H19N3O2. The summed E-state index contributed by atoms with van der Waals surface area (Å²) >= 11 is 0. The van der Waals surface area contributed by atoms with Gasteiger partial charge >= 0.3 is 0 Å². The Morgan fingerprint density at radius 1 is 1.32 bits per heavy atom. The zero-order valence-corrected chi connectivity index (χ0v) is 11.3. The second-order valence-electron chi connectivity index (χ2n) is 4.33. The molecule has 2 N–H and O–H groups in total. The quantitative estimate of drug-likeness (QED) is 0.863. The lowest BCUT2D eigenvalue weighted by atomic mass is 10.0. The van der Waals surface area contributed by atoms with Crippen molar-refractivity contribution in [3.05, 3.63) is 47.1 Å². The summed E-state index contributed by atoms with van der Waals surface area (Å²) in [6, 6.07) is 8.00. The summed E-state index contributed by atoms with van der Waals surface area (Å²) in [6.07, 6.45) is 1.30. The topological polar surface area (TPSA) is 74.2 Å². The molecule has 0 saturated heterocycles. The minimum atomic E-state index is -0.109. The molecule has 1 aromatic carbocycles. The Bertz CT molecular complexity index is 521. The first kappa shape index (κ1) is 13.7. The highest BCUT2D eigenvalue weighted by Crippen LogP contribution is 2.18. The van der Waals surface area contributed by atoms with Crippen LogP contribution in [0.15, 0.2) is 28.8 Å². The van der Waals surface area contributed by atoms with Gasteiger partial charge in [0.05, 0.1) is 6.42 Å². The van der Waals surface area contributed by atoms with Crippen molar-refractivity contribution in [1.29, 1.82) is 0 Å². The van der Waals surface area contributed by atoms with Crippen molar-refractivity contribution in [3.8, 4) is 0 Å². The van der Waals surface area contributed by atoms with Gasteiger partial charge in [-0.15, -0.1) is 0 Å². The van der Waals surface area contributed by atoms with Crippen molar-refractivity contribution in [2.45, 2.75) is 32.4 Å². The smallest absolute Gasteiger partial charge is 0.231 e. The molecular weight excluding hydrogens is 242 g/mol. The van der Waals surface area contributed by atoms with E-state index in [2.05, 4.69) is 10.1 Å². The van der Waals surface area contributed by atoms with Crippen molar-refractivity contribution in [3.63, 3.8) is 0 Å². The van der Waals surface area contributed by atoms with Gasteiger partial charge in [0.2, 0.25) is 11.7 Å². The maximum absolute atomic E-state index is 5.71. The second kappa shape index (κ2) is 6.45. The zero-order chi connectivity index (χ0) is 13.7. The fraction of sp³-hybridized carbons (Fsp3) is 0.429. The number of hydrogen-bond acceptors (Lipinski definition) is 5. The van der Waals surface area contributed by atoms with Gasteiger partial charge in [-0.3, -0.25) is 0 Å². The van der Waals surface area contributed by atoms with Crippen molar-refractivity contribution in [2.75, 3.05) is 7.11 Å². The third-order valence-electron chi connectivity index (χ3n) is 3.11. The number of methoxy groups -OCH3 is 1. The Hall–Kier alpha value is -1.72. The van der Waals surface area contributed by atoms with Crippen LogP contribution in [0.5, 0.6) is 0 Å². The van der Waals surface area contributed by atoms with Gasteiger partial charge in [0.25, 0.3) is 0 Å². The predicted molar refractivity (Wildman–Crippen MR) is 71.5 cm³/mol. The van der Waals surface area contributed by atoms with E-state index in [1.807, 2.05) is 31.2 Å². The molecule has 5 nitrogen and oxygen atoms in total. The first-order valence-electron chi connectivity index (χ1n) is 6.40. The lowest BCUT2D eigenvalue weighted by Gasteiger charge is -2.06. The minimum absolute atomic E-state index is 0.109. The summed E-state index contributed by atoms with van der Waals surface area (Å²) in [5, 5.41) is 3.97. The van der Waals surface area contributed by atoms with E-state index in [4.69, 9.17) is 15.0 Å². The largest absolute Gasteiger partial charge is 0.373 e. The first-order chi connectivity index (χ1) is 9.28. The standard InChI is InChI=1S/C14H19N3O2/c1-3-12(18-2)14-16-13(19-17-14)8-10-6-4-5-7-11(10)9-15/h4-7,12H,3,8-9,15H2,1-2H3. The van der Waals surface area contributed by atoms with Crippen LogP contribution >= 0.6 is 0 Å². The Kier molecular flexibility index (Phi) is 4.65. The molecule has 0 aliphatic rings. The number of nitrogens with two attached hydrogens (primary N) is 1. The Balaban J connectivity index is 2.15. The summed E-state index contributed by atoms with van der Waals surface area (Å²) in [4.78, 5) is 4.38. The molecule has 2 aromatic rings. The molecule has 0 aliphatic carbocycles. The monoisotopic (exact) mass is 261 g/mol. The van der Waals surface area contributed by atoms with E-state index in [-0.39, 0.29) is 6.10 Å². The maximum Gasteiger partial charge on any atom is 0.231 e. The average molecular weight is 261 g/mol. The summed E-state index contributed by atoms with van der Waals surface area (Å²) in [6.45, 7) is 2.53. The van der Waals surface area contributed by atoms with Gasteiger partial charge in [-0.2, -0.15) is 4.98 Å². The normalized spacial score (nSPS) is 12.6. The van der Waals surface area contributed by atoms with Gasteiger partial charge in [0.15, 0.2) is 0 Å². The number of rotatable bonds is 6. The molecule has 0 aliphatic heterocycles. The maximum atomic E-state index is 5.71. The summed E-state index contributed by atoms with van der Waals surface area (Å²) < 4.78 is 10.6. The van der Waals surface area contributed by atoms with Gasteiger partial charge in [0, 0.05) is 13.7 Å². The molecule has 102 valence electrons. The summed E-state index contributed by atoms with van der Waals surface area (Å²) in [7, 11) is 1.65. The van der Waals surface area contributed by atoms with Crippen molar-refractivity contribution in [2.24, 2.45) is 5.73 Å². The number of nitrogens with zero attached hydrogens (tertiary/aromatic N) is 2. The molecule has 1 unspecified atom stereocenters.